The molecule has 2 atom stereocenters. The molecule has 10 heteroatoms. The number of Topliss-reactive ketones (excluding diaryl/α,β-unsaturated/α-hetero) is 1. The number of hydrogen-bond acceptors (Lipinski definition) is 6. The fraction of sp³-hybridized carbons (Fsp3) is 0.448. The van der Waals surface area contributed by atoms with E-state index in [0.717, 1.165) is 11.1 Å². The number of aryl methyl sites for hydroxylation is 1. The number of ether oxygens (including phenoxy) is 2. The van der Waals surface area contributed by atoms with Gasteiger partial charge in [-0.1, -0.05) is 60.7 Å². The van der Waals surface area contributed by atoms with Gasteiger partial charge in [0.25, 0.3) is 0 Å². The Morgan fingerprint density at radius 2 is 1.44 bits per heavy atom. The molecule has 39 heavy (non-hydrogen) atoms. The minimum absolute atomic E-state index is 0.144. The van der Waals surface area contributed by atoms with Gasteiger partial charge in [-0.3, -0.25) is 9.59 Å². The van der Waals surface area contributed by atoms with E-state index in [1.54, 1.807) is 20.8 Å². The van der Waals surface area contributed by atoms with Crippen LogP contribution in [0.25, 0.3) is 0 Å². The lowest BCUT2D eigenvalue weighted by molar-refractivity contribution is -0.128. The lowest BCUT2D eigenvalue weighted by Crippen LogP contribution is -2.52. The van der Waals surface area contributed by atoms with Gasteiger partial charge in [0.15, 0.2) is 5.78 Å². The first kappa shape index (κ1) is 31.6. The van der Waals surface area contributed by atoms with Gasteiger partial charge in [0, 0.05) is 6.54 Å². The predicted molar refractivity (Wildman–Crippen MR) is 149 cm³/mol. The number of alkyl halides is 1. The van der Waals surface area contributed by atoms with Crippen LogP contribution in [0.15, 0.2) is 60.7 Å². The molecule has 0 radical (unpaired) electrons. The number of benzene rings is 2. The Labute approximate surface area is 235 Å². The zero-order chi connectivity index (χ0) is 28.7. The Morgan fingerprint density at radius 1 is 0.821 bits per heavy atom. The molecule has 2 rings (SSSR count). The molecular formula is C29H38ClN3O6. The van der Waals surface area contributed by atoms with E-state index in [4.69, 9.17) is 21.1 Å². The van der Waals surface area contributed by atoms with Crippen LogP contribution in [0.2, 0.25) is 0 Å². The molecule has 0 heterocycles. The van der Waals surface area contributed by atoms with Crippen LogP contribution in [0.5, 0.6) is 0 Å². The standard InChI is InChI=1S/C29H38ClN3O6/c1-29(2,3)39-28(37)33-24(17-16-21-11-6-4-7-12-21)26(35)32-23(25(34)19-30)15-10-18-31-27(36)38-20-22-13-8-5-9-14-22/h4-9,11-14,23-24H,10,15-20H2,1-3H3,(H,31,36)(H,32,35)(H,33,37)/t23-,24?/m0/s1. The maximum Gasteiger partial charge on any atom is 0.408 e. The van der Waals surface area contributed by atoms with Crippen LogP contribution in [0.4, 0.5) is 9.59 Å². The summed E-state index contributed by atoms with van der Waals surface area (Å²) in [5.41, 5.74) is 1.13. The maximum atomic E-state index is 13.2. The second kappa shape index (κ2) is 16.4. The van der Waals surface area contributed by atoms with Gasteiger partial charge in [-0.15, -0.1) is 11.6 Å². The van der Waals surface area contributed by atoms with Crippen molar-refractivity contribution in [2.45, 2.75) is 70.7 Å². The molecule has 0 bridgehead atoms. The smallest absolute Gasteiger partial charge is 0.408 e. The first-order chi connectivity index (χ1) is 18.6. The molecular weight excluding hydrogens is 522 g/mol. The van der Waals surface area contributed by atoms with Crippen molar-refractivity contribution >= 4 is 35.5 Å². The van der Waals surface area contributed by atoms with Gasteiger partial charge in [-0.25, -0.2) is 9.59 Å². The van der Waals surface area contributed by atoms with Crippen molar-refractivity contribution in [3.63, 3.8) is 0 Å². The normalized spacial score (nSPS) is 12.5. The largest absolute Gasteiger partial charge is 0.445 e. The Kier molecular flexibility index (Phi) is 13.3. The number of hydrogen-bond donors (Lipinski definition) is 3. The highest BCUT2D eigenvalue weighted by molar-refractivity contribution is 6.28. The van der Waals surface area contributed by atoms with Crippen molar-refractivity contribution in [3.8, 4) is 0 Å². The van der Waals surface area contributed by atoms with E-state index >= 15 is 0 Å². The predicted octanol–water partition coefficient (Wildman–Crippen LogP) is 4.51. The summed E-state index contributed by atoms with van der Waals surface area (Å²) in [6, 6.07) is 17.0. The Morgan fingerprint density at radius 3 is 2.03 bits per heavy atom. The van der Waals surface area contributed by atoms with E-state index < -0.39 is 35.8 Å². The number of ketones is 1. The average molecular weight is 560 g/mol. The van der Waals surface area contributed by atoms with Crippen LogP contribution in [0, 0.1) is 0 Å². The third-order valence-corrected chi connectivity index (χ3v) is 5.82. The number of amides is 3. The quantitative estimate of drug-likeness (QED) is 0.231. The van der Waals surface area contributed by atoms with Crippen molar-refractivity contribution in [3.05, 3.63) is 71.8 Å². The molecule has 2 aromatic carbocycles. The minimum Gasteiger partial charge on any atom is -0.445 e. The molecule has 0 spiro atoms. The first-order valence-electron chi connectivity index (χ1n) is 12.9. The zero-order valence-electron chi connectivity index (χ0n) is 22.7. The molecule has 2 aromatic rings. The third-order valence-electron chi connectivity index (χ3n) is 5.56. The average Bonchev–Trinajstić information content (AvgIpc) is 2.91. The molecule has 0 saturated carbocycles. The fourth-order valence-electron chi connectivity index (χ4n) is 3.62. The summed E-state index contributed by atoms with van der Waals surface area (Å²) in [7, 11) is 0. The van der Waals surface area contributed by atoms with Crippen LogP contribution in [-0.4, -0.2) is 54.0 Å². The van der Waals surface area contributed by atoms with E-state index in [2.05, 4.69) is 16.0 Å². The summed E-state index contributed by atoms with van der Waals surface area (Å²) in [6.45, 7) is 5.57. The third kappa shape index (κ3) is 13.2. The van der Waals surface area contributed by atoms with Gasteiger partial charge in [0.2, 0.25) is 5.91 Å². The van der Waals surface area contributed by atoms with E-state index in [0.29, 0.717) is 19.3 Å². The molecule has 3 N–H and O–H groups in total. The SMILES string of the molecule is CC(C)(C)OC(=O)NC(CCc1ccccc1)C(=O)N[C@@H](CCCNC(=O)OCc1ccccc1)C(=O)CCl. The van der Waals surface area contributed by atoms with Crippen LogP contribution in [0.3, 0.4) is 0 Å². The Balaban J connectivity index is 1.92. The lowest BCUT2D eigenvalue weighted by atomic mass is 10.0. The summed E-state index contributed by atoms with van der Waals surface area (Å²) in [5, 5.41) is 7.98. The fourth-order valence-corrected chi connectivity index (χ4v) is 3.81. The van der Waals surface area contributed by atoms with Crippen LogP contribution >= 0.6 is 11.6 Å². The van der Waals surface area contributed by atoms with E-state index in [9.17, 15) is 19.2 Å². The molecule has 0 fully saturated rings. The molecule has 0 aliphatic heterocycles. The lowest BCUT2D eigenvalue weighted by Gasteiger charge is -2.25. The van der Waals surface area contributed by atoms with Crippen molar-refractivity contribution in [1.82, 2.24) is 16.0 Å². The van der Waals surface area contributed by atoms with Gasteiger partial charge in [0.05, 0.1) is 11.9 Å². The summed E-state index contributed by atoms with van der Waals surface area (Å²) in [5.74, 6) is -1.17. The number of halogens is 1. The van der Waals surface area contributed by atoms with Crippen molar-refractivity contribution in [2.24, 2.45) is 0 Å². The molecule has 0 saturated heterocycles. The molecule has 212 valence electrons. The molecule has 1 unspecified atom stereocenters. The number of carbonyl (C=O) groups excluding carboxylic acids is 4. The summed E-state index contributed by atoms with van der Waals surface area (Å²) in [4.78, 5) is 50.1. The maximum absolute atomic E-state index is 13.2. The molecule has 3 amide bonds. The van der Waals surface area contributed by atoms with Crippen LogP contribution in [-0.2, 0) is 32.1 Å². The van der Waals surface area contributed by atoms with Gasteiger partial charge in [-0.05, 0) is 57.6 Å². The van der Waals surface area contributed by atoms with E-state index in [1.807, 2.05) is 60.7 Å². The summed E-state index contributed by atoms with van der Waals surface area (Å²) in [6.07, 6.45) is 0.152. The molecule has 9 nitrogen and oxygen atoms in total. The first-order valence-corrected chi connectivity index (χ1v) is 13.5. The van der Waals surface area contributed by atoms with Gasteiger partial charge < -0.3 is 25.4 Å². The highest BCUT2D eigenvalue weighted by atomic mass is 35.5. The highest BCUT2D eigenvalue weighted by Crippen LogP contribution is 2.10. The monoisotopic (exact) mass is 559 g/mol. The summed E-state index contributed by atoms with van der Waals surface area (Å²) >= 11 is 5.79. The number of carbonyl (C=O) groups is 4. The second-order valence-corrected chi connectivity index (χ2v) is 10.3. The van der Waals surface area contributed by atoms with Gasteiger partial charge in [-0.2, -0.15) is 0 Å². The van der Waals surface area contributed by atoms with Crippen LogP contribution in [0.1, 0.15) is 51.2 Å². The van der Waals surface area contributed by atoms with Crippen molar-refractivity contribution in [2.75, 3.05) is 12.4 Å². The highest BCUT2D eigenvalue weighted by Gasteiger charge is 2.28. The minimum atomic E-state index is -0.934. The van der Waals surface area contributed by atoms with Crippen LogP contribution < -0.4 is 16.0 Å². The van der Waals surface area contributed by atoms with Gasteiger partial charge >= 0.3 is 12.2 Å². The Hall–Kier alpha value is -3.59. The summed E-state index contributed by atoms with van der Waals surface area (Å²) < 4.78 is 10.5. The molecule has 0 aliphatic rings. The van der Waals surface area contributed by atoms with E-state index in [-0.39, 0.29) is 31.2 Å². The number of alkyl carbamates (subject to hydrolysis) is 2. The molecule has 0 aromatic heterocycles. The zero-order valence-corrected chi connectivity index (χ0v) is 23.5. The van der Waals surface area contributed by atoms with E-state index in [1.165, 1.54) is 0 Å². The number of nitrogens with one attached hydrogen (secondary N) is 3. The topological polar surface area (TPSA) is 123 Å². The Bertz CT molecular complexity index is 1060. The molecule has 0 aliphatic carbocycles. The van der Waals surface area contributed by atoms with Crippen molar-refractivity contribution < 1.29 is 28.7 Å². The van der Waals surface area contributed by atoms with Gasteiger partial charge in [0.1, 0.15) is 18.2 Å². The second-order valence-electron chi connectivity index (χ2n) is 10.0. The van der Waals surface area contributed by atoms with Crippen molar-refractivity contribution in [1.29, 1.82) is 0 Å². The number of rotatable bonds is 14.